The molecule has 1 aliphatic carbocycles. The maximum atomic E-state index is 4.54. The van der Waals surface area contributed by atoms with E-state index in [-0.39, 0.29) is 0 Å². The molecule has 0 atom stereocenters. The maximum absolute atomic E-state index is 4.54. The number of nitrogens with zero attached hydrogens (tertiary/aromatic N) is 3. The molecule has 5 rings (SSSR count). The molecule has 0 bridgehead atoms. The van der Waals surface area contributed by atoms with Gasteiger partial charge in [-0.05, 0) is 47.5 Å². The van der Waals surface area contributed by atoms with Crippen molar-refractivity contribution in [2.45, 2.75) is 12.8 Å². The SMILES string of the molecule is C1=c2ccc(-c3n[nH]c4ccc(-c5ncn[nH]5)cc34)cc2=CCC1. The van der Waals surface area contributed by atoms with Crippen LogP contribution in [0, 0.1) is 0 Å². The van der Waals surface area contributed by atoms with Gasteiger partial charge in [-0.25, -0.2) is 4.98 Å². The molecule has 2 heterocycles. The lowest BCUT2D eigenvalue weighted by Gasteiger charge is -2.03. The van der Waals surface area contributed by atoms with Crippen LogP contribution in [0.25, 0.3) is 45.7 Å². The topological polar surface area (TPSA) is 70.2 Å². The van der Waals surface area contributed by atoms with Crippen molar-refractivity contribution in [3.8, 4) is 22.6 Å². The Labute approximate surface area is 137 Å². The quantitative estimate of drug-likeness (QED) is 0.597. The standard InChI is InChI=1S/C19H15N5/c1-2-4-13-9-14(6-5-12(13)3-1)18-16-10-15(19-20-11-21-24-19)7-8-17(16)22-23-18/h3-11H,1-2H2,(H,22,23)(H,20,21,24). The molecule has 0 spiro atoms. The lowest BCUT2D eigenvalue weighted by atomic mass is 10.0. The first-order valence-corrected chi connectivity index (χ1v) is 8.03. The number of aromatic amines is 2. The number of nitrogens with one attached hydrogen (secondary N) is 2. The van der Waals surface area contributed by atoms with E-state index in [0.29, 0.717) is 0 Å². The van der Waals surface area contributed by atoms with Crippen LogP contribution in [0.4, 0.5) is 0 Å². The monoisotopic (exact) mass is 313 g/mol. The second-order valence-electron chi connectivity index (χ2n) is 6.00. The van der Waals surface area contributed by atoms with E-state index in [1.54, 1.807) is 0 Å². The summed E-state index contributed by atoms with van der Waals surface area (Å²) in [5.74, 6) is 0.762. The van der Waals surface area contributed by atoms with E-state index in [0.717, 1.165) is 46.4 Å². The van der Waals surface area contributed by atoms with Crippen LogP contribution < -0.4 is 10.4 Å². The van der Waals surface area contributed by atoms with Crippen molar-refractivity contribution in [2.24, 2.45) is 0 Å². The van der Waals surface area contributed by atoms with Crippen LogP contribution in [0.1, 0.15) is 12.8 Å². The molecule has 0 radical (unpaired) electrons. The van der Waals surface area contributed by atoms with Gasteiger partial charge in [-0.15, -0.1) is 0 Å². The van der Waals surface area contributed by atoms with E-state index < -0.39 is 0 Å². The van der Waals surface area contributed by atoms with Crippen molar-refractivity contribution in [3.05, 3.63) is 53.2 Å². The van der Waals surface area contributed by atoms with Crippen molar-refractivity contribution >= 4 is 23.1 Å². The van der Waals surface area contributed by atoms with Crippen LogP contribution in [0.3, 0.4) is 0 Å². The second-order valence-corrected chi connectivity index (χ2v) is 6.00. The van der Waals surface area contributed by atoms with Gasteiger partial charge in [-0.3, -0.25) is 10.2 Å². The Morgan fingerprint density at radius 3 is 2.58 bits per heavy atom. The summed E-state index contributed by atoms with van der Waals surface area (Å²) >= 11 is 0. The molecule has 4 aromatic rings. The number of H-pyrrole nitrogens is 2. The predicted molar refractivity (Wildman–Crippen MR) is 94.3 cm³/mol. The summed E-state index contributed by atoms with van der Waals surface area (Å²) in [5, 5.41) is 18.2. The highest BCUT2D eigenvalue weighted by atomic mass is 15.2. The molecule has 0 unspecified atom stereocenters. The number of hydrogen-bond acceptors (Lipinski definition) is 3. The smallest absolute Gasteiger partial charge is 0.155 e. The highest BCUT2D eigenvalue weighted by Gasteiger charge is 2.11. The molecule has 0 saturated carbocycles. The maximum Gasteiger partial charge on any atom is 0.155 e. The number of benzene rings is 2. The molecule has 24 heavy (non-hydrogen) atoms. The fourth-order valence-electron chi connectivity index (χ4n) is 3.29. The van der Waals surface area contributed by atoms with Crippen LogP contribution in [-0.4, -0.2) is 25.4 Å². The predicted octanol–water partition coefficient (Wildman–Crippen LogP) is 2.37. The Bertz CT molecular complexity index is 1150. The van der Waals surface area contributed by atoms with E-state index in [2.05, 4.69) is 61.8 Å². The zero-order chi connectivity index (χ0) is 15.9. The molecule has 0 aliphatic heterocycles. The van der Waals surface area contributed by atoms with E-state index in [1.807, 2.05) is 12.1 Å². The minimum absolute atomic E-state index is 0.762. The average molecular weight is 313 g/mol. The number of aromatic nitrogens is 5. The van der Waals surface area contributed by atoms with Crippen molar-refractivity contribution in [2.75, 3.05) is 0 Å². The van der Waals surface area contributed by atoms with E-state index in [1.165, 1.54) is 16.8 Å². The van der Waals surface area contributed by atoms with Gasteiger partial charge < -0.3 is 0 Å². The van der Waals surface area contributed by atoms with Gasteiger partial charge in [-0.1, -0.05) is 24.3 Å². The average Bonchev–Trinajstić information content (AvgIpc) is 3.30. The number of hydrogen-bond donors (Lipinski definition) is 2. The van der Waals surface area contributed by atoms with E-state index in [4.69, 9.17) is 0 Å². The summed E-state index contributed by atoms with van der Waals surface area (Å²) in [6, 6.07) is 12.7. The Morgan fingerprint density at radius 1 is 0.833 bits per heavy atom. The van der Waals surface area contributed by atoms with Crippen LogP contribution in [0.15, 0.2) is 42.7 Å². The zero-order valence-electron chi connectivity index (χ0n) is 13.0. The fraction of sp³-hybridized carbons (Fsp3) is 0.105. The molecule has 116 valence electrons. The molecule has 2 aromatic carbocycles. The summed E-state index contributed by atoms with van der Waals surface area (Å²) in [5.41, 5.74) is 4.11. The van der Waals surface area contributed by atoms with Gasteiger partial charge in [0.1, 0.15) is 6.33 Å². The summed E-state index contributed by atoms with van der Waals surface area (Å²) < 4.78 is 0. The van der Waals surface area contributed by atoms with Gasteiger partial charge in [0, 0.05) is 16.5 Å². The third kappa shape index (κ3) is 2.06. The van der Waals surface area contributed by atoms with E-state index in [9.17, 15) is 0 Å². The molecular weight excluding hydrogens is 298 g/mol. The van der Waals surface area contributed by atoms with Crippen LogP contribution in [0.2, 0.25) is 0 Å². The summed E-state index contributed by atoms with van der Waals surface area (Å²) in [7, 11) is 0. The van der Waals surface area contributed by atoms with Crippen molar-refractivity contribution in [1.82, 2.24) is 25.4 Å². The van der Waals surface area contributed by atoms with Crippen molar-refractivity contribution in [1.29, 1.82) is 0 Å². The van der Waals surface area contributed by atoms with Crippen LogP contribution in [0.5, 0.6) is 0 Å². The first-order chi connectivity index (χ1) is 11.9. The molecule has 1 aliphatic rings. The minimum atomic E-state index is 0.762. The lowest BCUT2D eigenvalue weighted by molar-refractivity contribution is 1.10. The molecule has 0 fully saturated rings. The molecule has 2 aromatic heterocycles. The summed E-state index contributed by atoms with van der Waals surface area (Å²) in [6.45, 7) is 0. The number of rotatable bonds is 2. The van der Waals surface area contributed by atoms with Gasteiger partial charge in [0.2, 0.25) is 0 Å². The molecule has 5 heteroatoms. The molecule has 0 saturated heterocycles. The van der Waals surface area contributed by atoms with Gasteiger partial charge in [0.25, 0.3) is 0 Å². The first-order valence-electron chi connectivity index (χ1n) is 8.03. The van der Waals surface area contributed by atoms with Gasteiger partial charge in [-0.2, -0.15) is 10.2 Å². The molecule has 2 N–H and O–H groups in total. The highest BCUT2D eigenvalue weighted by Crippen LogP contribution is 2.28. The van der Waals surface area contributed by atoms with Gasteiger partial charge in [0.05, 0.1) is 11.2 Å². The first kappa shape index (κ1) is 13.2. The fourth-order valence-corrected chi connectivity index (χ4v) is 3.29. The Hall–Kier alpha value is -3.21. The van der Waals surface area contributed by atoms with Crippen molar-refractivity contribution < 1.29 is 0 Å². The third-order valence-corrected chi connectivity index (χ3v) is 4.51. The minimum Gasteiger partial charge on any atom is -0.277 e. The Morgan fingerprint density at radius 2 is 1.71 bits per heavy atom. The molecular formula is C19H15N5. The highest BCUT2D eigenvalue weighted by molar-refractivity contribution is 5.95. The molecule has 0 amide bonds. The summed E-state index contributed by atoms with van der Waals surface area (Å²) in [6.07, 6.45) is 8.34. The second kappa shape index (κ2) is 5.16. The normalized spacial score (nSPS) is 13.3. The molecule has 5 nitrogen and oxygen atoms in total. The third-order valence-electron chi connectivity index (χ3n) is 4.51. The Kier molecular flexibility index (Phi) is 2.85. The summed E-state index contributed by atoms with van der Waals surface area (Å²) in [4.78, 5) is 4.23. The van der Waals surface area contributed by atoms with Crippen LogP contribution >= 0.6 is 0 Å². The van der Waals surface area contributed by atoms with E-state index >= 15 is 0 Å². The Balaban J connectivity index is 1.71. The zero-order valence-corrected chi connectivity index (χ0v) is 13.0. The van der Waals surface area contributed by atoms with Crippen molar-refractivity contribution in [3.63, 3.8) is 0 Å². The largest absolute Gasteiger partial charge is 0.277 e. The van der Waals surface area contributed by atoms with Gasteiger partial charge in [0.15, 0.2) is 5.82 Å². The number of fused-ring (bicyclic) bond motifs is 2. The van der Waals surface area contributed by atoms with Gasteiger partial charge >= 0.3 is 0 Å². The lowest BCUT2D eigenvalue weighted by Crippen LogP contribution is -2.26. The van der Waals surface area contributed by atoms with Crippen LogP contribution in [-0.2, 0) is 0 Å².